The molecule has 11 heteroatoms. The highest BCUT2D eigenvalue weighted by molar-refractivity contribution is 7.92. The highest BCUT2D eigenvalue weighted by Gasteiger charge is 2.28. The van der Waals surface area contributed by atoms with Crippen LogP contribution in [0.3, 0.4) is 0 Å². The Balaban J connectivity index is 1.90. The number of methoxy groups -OCH3 is 3. The van der Waals surface area contributed by atoms with Crippen molar-refractivity contribution in [3.8, 4) is 17.2 Å². The van der Waals surface area contributed by atoms with Gasteiger partial charge >= 0.3 is 0 Å². The second-order valence-corrected chi connectivity index (χ2v) is 9.37. The van der Waals surface area contributed by atoms with Crippen LogP contribution in [0.5, 0.6) is 17.2 Å². The number of carbonyl (C=O) groups excluding carboxylic acids is 1. The maximum absolute atomic E-state index is 13.6. The molecule has 0 fully saturated rings. The fourth-order valence-electron chi connectivity index (χ4n) is 3.10. The zero-order valence-corrected chi connectivity index (χ0v) is 20.8. The van der Waals surface area contributed by atoms with Gasteiger partial charge in [-0.05, 0) is 54.1 Å². The molecule has 9 nitrogen and oxygen atoms in total. The number of nitrogens with one attached hydrogen (secondary N) is 1. The predicted octanol–water partition coefficient (Wildman–Crippen LogP) is 3.71. The van der Waals surface area contributed by atoms with Gasteiger partial charge in [0, 0.05) is 11.1 Å². The van der Waals surface area contributed by atoms with Crippen LogP contribution >= 0.6 is 11.6 Å². The molecule has 0 aliphatic rings. The quantitative estimate of drug-likeness (QED) is 0.324. The van der Waals surface area contributed by atoms with Gasteiger partial charge < -0.3 is 14.2 Å². The second kappa shape index (κ2) is 11.6. The number of hydrazone groups is 1. The summed E-state index contributed by atoms with van der Waals surface area (Å²) in [7, 11) is 0.168. The average Bonchev–Trinajstić information content (AvgIpc) is 2.87. The highest BCUT2D eigenvalue weighted by atomic mass is 35.5. The van der Waals surface area contributed by atoms with Crippen LogP contribution in [0.1, 0.15) is 5.56 Å². The van der Waals surface area contributed by atoms with Crippen LogP contribution in [-0.4, -0.2) is 48.4 Å². The largest absolute Gasteiger partial charge is 0.497 e. The van der Waals surface area contributed by atoms with Crippen molar-refractivity contribution in [1.82, 2.24) is 5.43 Å². The Kier molecular flexibility index (Phi) is 8.56. The van der Waals surface area contributed by atoms with Gasteiger partial charge in [-0.2, -0.15) is 5.10 Å². The summed E-state index contributed by atoms with van der Waals surface area (Å²) in [5, 5.41) is 4.42. The minimum absolute atomic E-state index is 0.0822. The SMILES string of the molecule is COc1ccc(N(CC(=O)N/N=C\c2cccc(Cl)c2)S(=O)(=O)c2ccc(OC)c(OC)c2)cc1. The molecular formula is C24H24ClN3O6S. The van der Waals surface area contributed by atoms with E-state index < -0.39 is 22.5 Å². The van der Waals surface area contributed by atoms with E-state index >= 15 is 0 Å². The number of amides is 1. The van der Waals surface area contributed by atoms with E-state index in [1.165, 1.54) is 45.7 Å². The number of carbonyl (C=O) groups is 1. The molecule has 3 rings (SSSR count). The van der Waals surface area contributed by atoms with Crippen LogP contribution in [0.4, 0.5) is 5.69 Å². The van der Waals surface area contributed by atoms with Crippen LogP contribution in [0.2, 0.25) is 5.02 Å². The molecule has 0 saturated carbocycles. The van der Waals surface area contributed by atoms with Crippen molar-refractivity contribution in [3.05, 3.63) is 77.3 Å². The lowest BCUT2D eigenvalue weighted by Gasteiger charge is -2.24. The van der Waals surface area contributed by atoms with Gasteiger partial charge in [0.2, 0.25) is 0 Å². The molecule has 0 atom stereocenters. The Bertz CT molecular complexity index is 1310. The fraction of sp³-hybridized carbons (Fsp3) is 0.167. The van der Waals surface area contributed by atoms with Gasteiger partial charge in [0.1, 0.15) is 12.3 Å². The third-order valence-corrected chi connectivity index (χ3v) is 6.85. The summed E-state index contributed by atoms with van der Waals surface area (Å²) in [6.07, 6.45) is 1.41. The molecule has 184 valence electrons. The number of benzene rings is 3. The molecule has 0 radical (unpaired) electrons. The van der Waals surface area contributed by atoms with Crippen molar-refractivity contribution in [1.29, 1.82) is 0 Å². The average molecular weight is 518 g/mol. The highest BCUT2D eigenvalue weighted by Crippen LogP contribution is 2.32. The topological polar surface area (TPSA) is 107 Å². The zero-order chi connectivity index (χ0) is 25.4. The number of nitrogens with zero attached hydrogens (tertiary/aromatic N) is 2. The summed E-state index contributed by atoms with van der Waals surface area (Å²) in [5.74, 6) is 0.491. The normalized spacial score (nSPS) is 11.2. The van der Waals surface area contributed by atoms with Gasteiger partial charge in [-0.3, -0.25) is 9.10 Å². The summed E-state index contributed by atoms with van der Waals surface area (Å²) < 4.78 is 43.7. The molecule has 3 aromatic carbocycles. The van der Waals surface area contributed by atoms with E-state index in [0.29, 0.717) is 22.1 Å². The van der Waals surface area contributed by atoms with Crippen molar-refractivity contribution in [3.63, 3.8) is 0 Å². The Labute approximate surface area is 208 Å². The molecule has 3 aromatic rings. The first-order chi connectivity index (χ1) is 16.8. The van der Waals surface area contributed by atoms with Gasteiger partial charge in [0.05, 0.1) is 38.1 Å². The smallest absolute Gasteiger partial charge is 0.264 e. The molecule has 1 N–H and O–H groups in total. The molecule has 1 amide bonds. The lowest BCUT2D eigenvalue weighted by atomic mass is 10.2. The maximum atomic E-state index is 13.6. The molecule has 35 heavy (non-hydrogen) atoms. The van der Waals surface area contributed by atoms with Crippen molar-refractivity contribution < 1.29 is 27.4 Å². The van der Waals surface area contributed by atoms with Gasteiger partial charge in [0.25, 0.3) is 15.9 Å². The minimum atomic E-state index is -4.18. The van der Waals surface area contributed by atoms with Crippen molar-refractivity contribution in [2.45, 2.75) is 4.90 Å². The van der Waals surface area contributed by atoms with E-state index in [9.17, 15) is 13.2 Å². The first-order valence-corrected chi connectivity index (χ1v) is 12.1. The maximum Gasteiger partial charge on any atom is 0.264 e. The van der Waals surface area contributed by atoms with E-state index in [-0.39, 0.29) is 16.3 Å². The van der Waals surface area contributed by atoms with Crippen LogP contribution < -0.4 is 23.9 Å². The Morgan fingerprint density at radius 2 is 1.69 bits per heavy atom. The predicted molar refractivity (Wildman–Crippen MR) is 134 cm³/mol. The summed E-state index contributed by atoms with van der Waals surface area (Å²) in [6.45, 7) is -0.532. The summed E-state index contributed by atoms with van der Waals surface area (Å²) in [6, 6.07) is 17.4. The molecule has 0 aromatic heterocycles. The molecule has 0 heterocycles. The molecule has 0 saturated heterocycles. The Morgan fingerprint density at radius 1 is 0.971 bits per heavy atom. The van der Waals surface area contributed by atoms with Crippen LogP contribution in [0.25, 0.3) is 0 Å². The number of halogens is 1. The summed E-state index contributed by atoms with van der Waals surface area (Å²) >= 11 is 5.95. The van der Waals surface area contributed by atoms with E-state index in [4.69, 9.17) is 25.8 Å². The van der Waals surface area contributed by atoms with E-state index in [0.717, 1.165) is 4.31 Å². The van der Waals surface area contributed by atoms with E-state index in [1.54, 1.807) is 48.5 Å². The van der Waals surface area contributed by atoms with Crippen molar-refractivity contribution in [2.24, 2.45) is 5.10 Å². The van der Waals surface area contributed by atoms with E-state index in [2.05, 4.69) is 10.5 Å². The van der Waals surface area contributed by atoms with Crippen LogP contribution in [0.15, 0.2) is 76.7 Å². The van der Waals surface area contributed by atoms with Gasteiger partial charge in [-0.15, -0.1) is 0 Å². The number of hydrogen-bond acceptors (Lipinski definition) is 7. The number of rotatable bonds is 10. The molecule has 0 unspecified atom stereocenters. The summed E-state index contributed by atoms with van der Waals surface area (Å²) in [5.41, 5.74) is 3.28. The third kappa shape index (κ3) is 6.43. The molecule has 0 spiro atoms. The second-order valence-electron chi connectivity index (χ2n) is 7.07. The Hall–Kier alpha value is -3.76. The van der Waals surface area contributed by atoms with Crippen LogP contribution in [-0.2, 0) is 14.8 Å². The number of anilines is 1. The lowest BCUT2D eigenvalue weighted by molar-refractivity contribution is -0.119. The monoisotopic (exact) mass is 517 g/mol. The molecule has 0 aliphatic heterocycles. The van der Waals surface area contributed by atoms with Crippen molar-refractivity contribution in [2.75, 3.05) is 32.2 Å². The van der Waals surface area contributed by atoms with Crippen molar-refractivity contribution >= 4 is 39.4 Å². The fourth-order valence-corrected chi connectivity index (χ4v) is 4.73. The molecular weight excluding hydrogens is 494 g/mol. The third-order valence-electron chi connectivity index (χ3n) is 4.84. The number of ether oxygens (including phenoxy) is 3. The zero-order valence-electron chi connectivity index (χ0n) is 19.3. The number of sulfonamides is 1. The van der Waals surface area contributed by atoms with Gasteiger partial charge in [-0.1, -0.05) is 23.7 Å². The molecule has 0 bridgehead atoms. The van der Waals surface area contributed by atoms with E-state index in [1.807, 2.05) is 0 Å². The minimum Gasteiger partial charge on any atom is -0.497 e. The van der Waals surface area contributed by atoms with Gasteiger partial charge in [-0.25, -0.2) is 13.8 Å². The molecule has 0 aliphatic carbocycles. The van der Waals surface area contributed by atoms with Crippen LogP contribution in [0, 0.1) is 0 Å². The standard InChI is InChI=1S/C24H24ClN3O6S/c1-32-20-9-7-19(8-10-20)28(16-24(29)27-26-15-17-5-4-6-18(25)13-17)35(30,31)21-11-12-22(33-2)23(14-21)34-3/h4-15H,16H2,1-3H3,(H,27,29)/b26-15-. The van der Waals surface area contributed by atoms with Gasteiger partial charge in [0.15, 0.2) is 11.5 Å². The summed E-state index contributed by atoms with van der Waals surface area (Å²) in [4.78, 5) is 12.6. The Morgan fingerprint density at radius 3 is 2.31 bits per heavy atom. The first kappa shape index (κ1) is 25.9. The number of hydrogen-bond donors (Lipinski definition) is 1. The first-order valence-electron chi connectivity index (χ1n) is 10.2. The lowest BCUT2D eigenvalue weighted by Crippen LogP contribution is -2.39.